The van der Waals surface area contributed by atoms with E-state index < -0.39 is 0 Å². The number of aromatic nitrogens is 2. The average molecular weight is 364 g/mol. The molecule has 0 amide bonds. The summed E-state index contributed by atoms with van der Waals surface area (Å²) in [4.78, 5) is 3.38. The zero-order valence-electron chi connectivity index (χ0n) is 13.4. The fourth-order valence-corrected chi connectivity index (χ4v) is 3.28. The van der Waals surface area contributed by atoms with Crippen LogP contribution in [0.5, 0.6) is 5.75 Å². The molecule has 0 saturated carbocycles. The van der Waals surface area contributed by atoms with Crippen molar-refractivity contribution in [1.29, 1.82) is 0 Å². The van der Waals surface area contributed by atoms with Crippen molar-refractivity contribution in [3.63, 3.8) is 0 Å². The number of nitrogens with zero attached hydrogens (tertiary/aromatic N) is 1. The fourth-order valence-electron chi connectivity index (χ4n) is 2.74. The second kappa shape index (κ2) is 7.32. The molecule has 3 aromatic rings. The van der Waals surface area contributed by atoms with Crippen molar-refractivity contribution < 1.29 is 9.67 Å². The number of aromatic amines is 1. The molecule has 0 bridgehead atoms. The highest BCUT2D eigenvalue weighted by atomic mass is 35.5. The summed E-state index contributed by atoms with van der Waals surface area (Å²) in [7, 11) is 0. The lowest BCUT2D eigenvalue weighted by molar-refractivity contribution is -0.657. The summed E-state index contributed by atoms with van der Waals surface area (Å²) in [5, 5.41) is 16.0. The lowest BCUT2D eigenvalue weighted by Crippen LogP contribution is -2.36. The van der Waals surface area contributed by atoms with Crippen LogP contribution in [0.3, 0.4) is 0 Å². The standard InChI is InChI=1S/C18H19Cl2N3O/c1-2-3-8-23-16-7-5-4-6-15(16)22-18(23)21-11-12-9-13(19)10-14(20)17(12)24/h4-7,9-10H,2-3,8,11H2,1H3,(H2,21,22,24). The Hall–Kier alpha value is -1.91. The van der Waals surface area contributed by atoms with Gasteiger partial charge in [-0.3, -0.25) is 5.32 Å². The summed E-state index contributed by atoms with van der Waals surface area (Å²) in [6.45, 7) is 3.43. The Labute approximate surface area is 151 Å². The van der Waals surface area contributed by atoms with E-state index in [1.54, 1.807) is 6.07 Å². The molecule has 0 aliphatic rings. The second-order valence-corrected chi connectivity index (χ2v) is 6.57. The predicted octanol–water partition coefficient (Wildman–Crippen LogP) is 4.25. The van der Waals surface area contributed by atoms with E-state index in [2.05, 4.69) is 27.9 Å². The predicted molar refractivity (Wildman–Crippen MR) is 96.6 cm³/mol. The molecule has 0 fully saturated rings. The normalized spacial score (nSPS) is 11.1. The van der Waals surface area contributed by atoms with Crippen LogP contribution >= 0.6 is 23.2 Å². The molecular weight excluding hydrogens is 345 g/mol. The number of unbranched alkanes of at least 4 members (excludes halogenated alkanes) is 1. The molecule has 0 aliphatic carbocycles. The van der Waals surface area contributed by atoms with E-state index in [9.17, 15) is 5.11 Å². The summed E-state index contributed by atoms with van der Waals surface area (Å²) < 4.78 is 2.20. The van der Waals surface area contributed by atoms with Crippen molar-refractivity contribution in [1.82, 2.24) is 4.98 Å². The second-order valence-electron chi connectivity index (χ2n) is 5.73. The van der Waals surface area contributed by atoms with Gasteiger partial charge in [0, 0.05) is 10.0 Å². The number of halogens is 2. The lowest BCUT2D eigenvalue weighted by Gasteiger charge is -2.15. The maximum atomic E-state index is 12.1. The molecule has 2 N–H and O–H groups in total. The largest absolute Gasteiger partial charge is 0.871 e. The quantitative estimate of drug-likeness (QED) is 0.643. The van der Waals surface area contributed by atoms with Crippen LogP contribution in [0.2, 0.25) is 10.0 Å². The Morgan fingerprint density at radius 1 is 1.21 bits per heavy atom. The third-order valence-corrected chi connectivity index (χ3v) is 4.48. The summed E-state index contributed by atoms with van der Waals surface area (Å²) in [5.74, 6) is 0.685. The van der Waals surface area contributed by atoms with Crippen molar-refractivity contribution in [3.8, 4) is 5.75 Å². The van der Waals surface area contributed by atoms with E-state index >= 15 is 0 Å². The van der Waals surface area contributed by atoms with Crippen LogP contribution in [0.1, 0.15) is 25.3 Å². The van der Waals surface area contributed by atoms with Crippen LogP contribution in [0.25, 0.3) is 11.0 Å². The summed E-state index contributed by atoms with van der Waals surface area (Å²) in [6.07, 6.45) is 2.19. The Kier molecular flexibility index (Phi) is 5.17. The van der Waals surface area contributed by atoms with Gasteiger partial charge >= 0.3 is 5.95 Å². The van der Waals surface area contributed by atoms with Gasteiger partial charge in [0.15, 0.2) is 0 Å². The monoisotopic (exact) mass is 363 g/mol. The minimum atomic E-state index is -0.190. The molecule has 24 heavy (non-hydrogen) atoms. The van der Waals surface area contributed by atoms with E-state index in [4.69, 9.17) is 23.2 Å². The smallest absolute Gasteiger partial charge is 0.356 e. The van der Waals surface area contributed by atoms with E-state index in [0.717, 1.165) is 36.4 Å². The minimum absolute atomic E-state index is 0.148. The summed E-state index contributed by atoms with van der Waals surface area (Å²) in [6, 6.07) is 11.3. The van der Waals surface area contributed by atoms with Crippen molar-refractivity contribution >= 4 is 40.2 Å². The van der Waals surface area contributed by atoms with Gasteiger partial charge in [0.25, 0.3) is 0 Å². The number of nitrogens with one attached hydrogen (secondary N) is 2. The summed E-state index contributed by atoms with van der Waals surface area (Å²) in [5.41, 5.74) is 2.75. The number of para-hydroxylation sites is 2. The Morgan fingerprint density at radius 2 is 2.00 bits per heavy atom. The Balaban J connectivity index is 1.90. The van der Waals surface area contributed by atoms with E-state index in [-0.39, 0.29) is 10.8 Å². The molecule has 126 valence electrons. The lowest BCUT2D eigenvalue weighted by atomic mass is 10.2. The van der Waals surface area contributed by atoms with Gasteiger partial charge in [-0.25, -0.2) is 9.55 Å². The Morgan fingerprint density at radius 3 is 2.79 bits per heavy atom. The summed E-state index contributed by atoms with van der Waals surface area (Å²) >= 11 is 11.9. The van der Waals surface area contributed by atoms with Gasteiger partial charge in [0.1, 0.15) is 11.0 Å². The molecule has 4 nitrogen and oxygen atoms in total. The number of aryl methyl sites for hydroxylation is 1. The highest BCUT2D eigenvalue weighted by Crippen LogP contribution is 2.29. The van der Waals surface area contributed by atoms with E-state index in [1.165, 1.54) is 6.07 Å². The third-order valence-electron chi connectivity index (χ3n) is 3.98. The average Bonchev–Trinajstić information content (AvgIpc) is 2.92. The van der Waals surface area contributed by atoms with Gasteiger partial charge in [0.05, 0.1) is 13.1 Å². The van der Waals surface area contributed by atoms with Gasteiger partial charge in [0.2, 0.25) is 0 Å². The third kappa shape index (κ3) is 3.45. The van der Waals surface area contributed by atoms with Crippen molar-refractivity contribution in [2.24, 2.45) is 0 Å². The Bertz CT molecular complexity index is 861. The molecule has 0 saturated heterocycles. The first-order valence-corrected chi connectivity index (χ1v) is 8.75. The molecule has 0 unspecified atom stereocenters. The fraction of sp³-hybridized carbons (Fsp3) is 0.278. The molecule has 6 heteroatoms. The van der Waals surface area contributed by atoms with Gasteiger partial charge in [-0.1, -0.05) is 54.4 Å². The number of imidazole rings is 1. The van der Waals surface area contributed by atoms with Crippen LogP contribution in [0, 0.1) is 0 Å². The first-order chi connectivity index (χ1) is 11.6. The molecule has 3 rings (SSSR count). The molecule has 1 aromatic heterocycles. The number of hydrogen-bond donors (Lipinski definition) is 2. The first-order valence-electron chi connectivity index (χ1n) is 7.99. The minimum Gasteiger partial charge on any atom is -0.871 e. The van der Waals surface area contributed by atoms with Crippen molar-refractivity contribution in [2.75, 3.05) is 5.32 Å². The molecule has 1 heterocycles. The van der Waals surface area contributed by atoms with Gasteiger partial charge in [-0.15, -0.1) is 0 Å². The van der Waals surface area contributed by atoms with Crippen LogP contribution in [-0.4, -0.2) is 4.98 Å². The SMILES string of the molecule is CCCC[n+]1c(NCc2cc(Cl)cc(Cl)c2[O-])[nH]c2ccccc21. The van der Waals surface area contributed by atoms with Gasteiger partial charge in [-0.2, -0.15) is 0 Å². The number of H-pyrrole nitrogens is 1. The van der Waals surface area contributed by atoms with Gasteiger partial charge in [-0.05, 0) is 36.2 Å². The van der Waals surface area contributed by atoms with Crippen molar-refractivity contribution in [3.05, 3.63) is 52.0 Å². The molecule has 0 aliphatic heterocycles. The van der Waals surface area contributed by atoms with Crippen molar-refractivity contribution in [2.45, 2.75) is 32.9 Å². The van der Waals surface area contributed by atoms with Crippen LogP contribution in [0.4, 0.5) is 5.95 Å². The number of anilines is 1. The number of rotatable bonds is 6. The number of fused-ring (bicyclic) bond motifs is 1. The molecule has 0 spiro atoms. The molecule has 0 radical (unpaired) electrons. The molecule has 0 atom stereocenters. The van der Waals surface area contributed by atoms with Crippen LogP contribution < -0.4 is 15.0 Å². The topological polar surface area (TPSA) is 54.8 Å². The van der Waals surface area contributed by atoms with Gasteiger partial charge < -0.3 is 5.11 Å². The number of benzene rings is 2. The first kappa shape index (κ1) is 16.9. The van der Waals surface area contributed by atoms with Crippen LogP contribution in [0.15, 0.2) is 36.4 Å². The highest BCUT2D eigenvalue weighted by Gasteiger charge is 2.16. The number of hydrogen-bond acceptors (Lipinski definition) is 2. The van der Waals surface area contributed by atoms with Crippen LogP contribution in [-0.2, 0) is 13.1 Å². The molecular formula is C18H19Cl2N3O. The van der Waals surface area contributed by atoms with E-state index in [0.29, 0.717) is 17.1 Å². The van der Waals surface area contributed by atoms with E-state index in [1.807, 2.05) is 18.2 Å². The zero-order chi connectivity index (χ0) is 17.1. The maximum Gasteiger partial charge on any atom is 0.356 e. The molecule has 2 aromatic carbocycles. The zero-order valence-corrected chi connectivity index (χ0v) is 14.9. The highest BCUT2D eigenvalue weighted by molar-refractivity contribution is 6.35. The maximum absolute atomic E-state index is 12.1.